The molecular weight excluding hydrogens is 442 g/mol. The zero-order valence-corrected chi connectivity index (χ0v) is 19.1. The maximum atomic E-state index is 17.0. The predicted octanol–water partition coefficient (Wildman–Crippen LogP) is 0.749. The van der Waals surface area contributed by atoms with Gasteiger partial charge in [0.1, 0.15) is 12.2 Å². The molecule has 0 aromatic carbocycles. The molecule has 32 heavy (non-hydrogen) atoms. The standard InChI is InChI=1S/C22H30FO8P/c1-12-8-16-15-5-4-13-9-14(24)6-7-19(13,2)21(15,23)17(25)10-20(16,3)22(12,27)18(26)11-31-32(28,29)30/h6-7,9,12,15-17,25,27H,4-5,8,10-11H2,1-3H3,(H2,28,29,30)/p-2/t12-,15?,16?,17+,19+,20+,21+,22+/m1/s1. The van der Waals surface area contributed by atoms with Crippen LogP contribution in [0.25, 0.3) is 0 Å². The van der Waals surface area contributed by atoms with Crippen LogP contribution in [0.15, 0.2) is 23.8 Å². The van der Waals surface area contributed by atoms with Crippen LogP contribution in [-0.4, -0.2) is 45.8 Å². The number of fused-ring (bicyclic) bond motifs is 5. The second kappa shape index (κ2) is 7.14. The van der Waals surface area contributed by atoms with E-state index in [0.717, 1.165) is 0 Å². The first-order valence-electron chi connectivity index (χ1n) is 10.8. The first-order chi connectivity index (χ1) is 14.6. The molecule has 3 saturated carbocycles. The fraction of sp³-hybridized carbons (Fsp3) is 0.727. The fourth-order valence-electron chi connectivity index (χ4n) is 7.39. The molecule has 0 radical (unpaired) electrons. The molecular formula is C22H28FO8P-2. The second-order valence-electron chi connectivity index (χ2n) is 10.3. The Morgan fingerprint density at radius 1 is 1.34 bits per heavy atom. The predicted molar refractivity (Wildman–Crippen MR) is 106 cm³/mol. The average molecular weight is 470 g/mol. The van der Waals surface area contributed by atoms with Gasteiger partial charge in [-0.15, -0.1) is 0 Å². The van der Waals surface area contributed by atoms with Gasteiger partial charge in [0.05, 0.1) is 13.9 Å². The van der Waals surface area contributed by atoms with Gasteiger partial charge in [0, 0.05) is 16.7 Å². The van der Waals surface area contributed by atoms with Crippen LogP contribution in [0.1, 0.15) is 46.5 Å². The Kier molecular flexibility index (Phi) is 5.34. The number of phosphoric acid groups is 1. The van der Waals surface area contributed by atoms with Gasteiger partial charge in [0.25, 0.3) is 0 Å². The number of carbonyl (C=O) groups excluding carboxylic acids is 2. The number of alkyl halides is 1. The van der Waals surface area contributed by atoms with Gasteiger partial charge >= 0.3 is 0 Å². The molecule has 4 aliphatic rings. The molecule has 0 aromatic heterocycles. The number of hydrogen-bond acceptors (Lipinski definition) is 8. The normalized spacial score (nSPS) is 48.0. The van der Waals surface area contributed by atoms with Crippen LogP contribution in [0.4, 0.5) is 4.39 Å². The average Bonchev–Trinajstić information content (AvgIpc) is 2.89. The summed E-state index contributed by atoms with van der Waals surface area (Å²) in [5.74, 6) is -3.06. The topological polar surface area (TPSA) is 147 Å². The van der Waals surface area contributed by atoms with Crippen molar-refractivity contribution >= 4 is 19.4 Å². The van der Waals surface area contributed by atoms with Gasteiger partial charge in [-0.3, -0.25) is 9.59 Å². The Hall–Kier alpha value is -1.22. The van der Waals surface area contributed by atoms with Gasteiger partial charge in [0.15, 0.2) is 17.2 Å². The zero-order valence-electron chi connectivity index (χ0n) is 18.2. The minimum atomic E-state index is -5.43. The molecule has 4 aliphatic carbocycles. The third-order valence-corrected chi connectivity index (χ3v) is 9.45. The maximum absolute atomic E-state index is 17.0. The van der Waals surface area contributed by atoms with Crippen molar-refractivity contribution in [3.63, 3.8) is 0 Å². The van der Waals surface area contributed by atoms with Crippen molar-refractivity contribution in [2.45, 2.75) is 63.8 Å². The van der Waals surface area contributed by atoms with Crippen LogP contribution < -0.4 is 9.79 Å². The lowest BCUT2D eigenvalue weighted by molar-refractivity contribution is -0.341. The molecule has 0 aliphatic heterocycles. The highest BCUT2D eigenvalue weighted by molar-refractivity contribution is 7.43. The summed E-state index contributed by atoms with van der Waals surface area (Å²) in [4.78, 5) is 46.6. The van der Waals surface area contributed by atoms with Crippen molar-refractivity contribution in [3.05, 3.63) is 23.8 Å². The van der Waals surface area contributed by atoms with E-state index in [-0.39, 0.29) is 18.6 Å². The van der Waals surface area contributed by atoms with Gasteiger partial charge in [-0.1, -0.05) is 25.5 Å². The van der Waals surface area contributed by atoms with Crippen LogP contribution in [0.3, 0.4) is 0 Å². The number of aliphatic hydroxyl groups excluding tert-OH is 1. The number of phosphoric ester groups is 1. The summed E-state index contributed by atoms with van der Waals surface area (Å²) in [5.41, 5.74) is -6.03. The number of rotatable bonds is 4. The molecule has 178 valence electrons. The van der Waals surface area contributed by atoms with E-state index >= 15 is 4.39 Å². The summed E-state index contributed by atoms with van der Waals surface area (Å²) in [6, 6.07) is 0. The second-order valence-corrected chi connectivity index (χ2v) is 11.5. The highest BCUT2D eigenvalue weighted by Crippen LogP contribution is 2.70. The molecule has 8 nitrogen and oxygen atoms in total. The molecule has 8 atom stereocenters. The van der Waals surface area contributed by atoms with E-state index in [2.05, 4.69) is 4.52 Å². The third kappa shape index (κ3) is 2.95. The van der Waals surface area contributed by atoms with E-state index in [4.69, 9.17) is 0 Å². The van der Waals surface area contributed by atoms with E-state index in [1.807, 2.05) is 0 Å². The number of ketones is 2. The lowest BCUT2D eigenvalue weighted by atomic mass is 9.44. The lowest BCUT2D eigenvalue weighted by Crippen LogP contribution is -2.69. The quantitative estimate of drug-likeness (QED) is 0.572. The molecule has 0 bridgehead atoms. The molecule has 0 aromatic rings. The minimum absolute atomic E-state index is 0.224. The fourth-order valence-corrected chi connectivity index (χ4v) is 7.66. The molecule has 2 unspecified atom stereocenters. The summed E-state index contributed by atoms with van der Waals surface area (Å²) >= 11 is 0. The molecule has 10 heteroatoms. The summed E-state index contributed by atoms with van der Waals surface area (Å²) in [6.45, 7) is 3.80. The van der Waals surface area contributed by atoms with Gasteiger partial charge < -0.3 is 29.1 Å². The van der Waals surface area contributed by atoms with Crippen LogP contribution >= 0.6 is 7.82 Å². The van der Waals surface area contributed by atoms with E-state index in [0.29, 0.717) is 18.4 Å². The van der Waals surface area contributed by atoms with E-state index in [1.165, 1.54) is 18.2 Å². The van der Waals surface area contributed by atoms with Crippen molar-refractivity contribution in [1.82, 2.24) is 0 Å². The molecule has 0 amide bonds. The Bertz CT molecular complexity index is 973. The summed E-state index contributed by atoms with van der Waals surface area (Å²) in [7, 11) is -5.43. The maximum Gasteiger partial charge on any atom is 0.191 e. The van der Waals surface area contributed by atoms with Gasteiger partial charge in [-0.05, 0) is 56.6 Å². The van der Waals surface area contributed by atoms with Gasteiger partial charge in [-0.25, -0.2) is 4.39 Å². The van der Waals surface area contributed by atoms with Gasteiger partial charge in [0.2, 0.25) is 0 Å². The minimum Gasteiger partial charge on any atom is -0.790 e. The van der Waals surface area contributed by atoms with E-state index in [9.17, 15) is 34.2 Å². The van der Waals surface area contributed by atoms with Crippen molar-refractivity contribution in [2.75, 3.05) is 6.61 Å². The summed E-state index contributed by atoms with van der Waals surface area (Å²) in [5, 5.41) is 22.8. The molecule has 0 saturated heterocycles. The smallest absolute Gasteiger partial charge is 0.191 e. The van der Waals surface area contributed by atoms with E-state index in [1.54, 1.807) is 20.8 Å². The monoisotopic (exact) mass is 470 g/mol. The SMILES string of the molecule is C[C@@H]1CC2C3CCC4=CC(=O)C=C[C@]4(C)[C@@]3(F)[C@@H](O)C[C@]2(C)[C@@]1(O)C(=O)COP(=O)([O-])[O-]. The zero-order chi connectivity index (χ0) is 23.9. The van der Waals surface area contributed by atoms with Crippen LogP contribution in [-0.2, 0) is 18.7 Å². The number of allylic oxidation sites excluding steroid dienone is 4. The Labute approximate surface area is 185 Å². The summed E-state index contributed by atoms with van der Waals surface area (Å²) < 4.78 is 32.0. The first kappa shape index (κ1) is 23.9. The summed E-state index contributed by atoms with van der Waals surface area (Å²) in [6.07, 6.45) is 3.54. The van der Waals surface area contributed by atoms with Crippen LogP contribution in [0.5, 0.6) is 0 Å². The molecule has 3 fully saturated rings. The van der Waals surface area contributed by atoms with Crippen LogP contribution in [0.2, 0.25) is 0 Å². The molecule has 0 heterocycles. The van der Waals surface area contributed by atoms with Crippen molar-refractivity contribution in [1.29, 1.82) is 0 Å². The molecule has 4 rings (SSSR count). The lowest BCUT2D eigenvalue weighted by Gasteiger charge is -2.62. The number of halogens is 1. The molecule has 0 spiro atoms. The molecule has 2 N–H and O–H groups in total. The highest BCUT2D eigenvalue weighted by atomic mass is 31.2. The number of Topliss-reactive ketones (excluding diaryl/α,β-unsaturated/α-hetero) is 1. The van der Waals surface area contributed by atoms with Crippen molar-refractivity contribution in [2.24, 2.45) is 28.6 Å². The first-order valence-corrected chi connectivity index (χ1v) is 12.3. The number of aliphatic hydroxyl groups is 2. The van der Waals surface area contributed by atoms with Crippen LogP contribution in [0, 0.1) is 28.6 Å². The Morgan fingerprint density at radius 3 is 2.62 bits per heavy atom. The third-order valence-electron chi connectivity index (χ3n) is 9.00. The van der Waals surface area contributed by atoms with Gasteiger partial charge in [-0.2, -0.15) is 0 Å². The largest absolute Gasteiger partial charge is 0.790 e. The Balaban J connectivity index is 1.74. The van der Waals surface area contributed by atoms with Crippen molar-refractivity contribution in [3.8, 4) is 0 Å². The highest BCUT2D eigenvalue weighted by Gasteiger charge is 2.75. The number of hydrogen-bond donors (Lipinski definition) is 2. The Morgan fingerprint density at radius 2 is 2.00 bits per heavy atom. The number of carbonyl (C=O) groups is 2. The van der Waals surface area contributed by atoms with E-state index < -0.39 is 66.2 Å². The van der Waals surface area contributed by atoms with Crippen molar-refractivity contribution < 1.29 is 43.1 Å².